The molecule has 0 saturated heterocycles. The van der Waals surface area contributed by atoms with Crippen molar-refractivity contribution in [2.24, 2.45) is 0 Å². The molecule has 0 bridgehead atoms. The Labute approximate surface area is 132 Å². The van der Waals surface area contributed by atoms with E-state index in [-0.39, 0.29) is 16.5 Å². The van der Waals surface area contributed by atoms with E-state index >= 15 is 0 Å². The van der Waals surface area contributed by atoms with E-state index < -0.39 is 15.6 Å². The Hall–Kier alpha value is -0.660. The lowest BCUT2D eigenvalue weighted by molar-refractivity contribution is -0.00515. The molecule has 0 fully saturated rings. The summed E-state index contributed by atoms with van der Waals surface area (Å²) in [4.78, 5) is 0.0872. The van der Waals surface area contributed by atoms with Crippen LogP contribution < -0.4 is 10.0 Å². The molecule has 0 aliphatic rings. The number of hydrogen-bond donors (Lipinski definition) is 2. The maximum absolute atomic E-state index is 12.4. The number of benzene rings is 1. The highest BCUT2D eigenvalue weighted by Gasteiger charge is 2.24. The molecule has 0 radical (unpaired) electrons. The van der Waals surface area contributed by atoms with E-state index in [1.807, 2.05) is 20.8 Å². The Balaban J connectivity index is 2.94. The third-order valence-corrected chi connectivity index (χ3v) is 4.77. The topological polar surface area (TPSA) is 67.4 Å². The van der Waals surface area contributed by atoms with Crippen molar-refractivity contribution in [3.8, 4) is 0 Å². The molecule has 120 valence electrons. The molecule has 0 spiro atoms. The Morgan fingerprint density at radius 1 is 1.33 bits per heavy atom. The van der Waals surface area contributed by atoms with E-state index in [1.165, 1.54) is 0 Å². The zero-order chi connectivity index (χ0) is 16.1. The lowest BCUT2D eigenvalue weighted by Crippen LogP contribution is -2.40. The van der Waals surface area contributed by atoms with Crippen molar-refractivity contribution in [1.29, 1.82) is 0 Å². The summed E-state index contributed by atoms with van der Waals surface area (Å²) in [6, 6.07) is 4.97. The van der Waals surface area contributed by atoms with E-state index in [0.29, 0.717) is 13.2 Å². The highest BCUT2D eigenvalue weighted by Crippen LogP contribution is 2.23. The highest BCUT2D eigenvalue weighted by atomic mass is 35.5. The minimum Gasteiger partial charge on any atom is -0.375 e. The van der Waals surface area contributed by atoms with Gasteiger partial charge >= 0.3 is 0 Å². The van der Waals surface area contributed by atoms with Gasteiger partial charge in [-0.25, -0.2) is 13.1 Å². The number of rotatable bonds is 8. The van der Waals surface area contributed by atoms with Gasteiger partial charge < -0.3 is 10.1 Å². The summed E-state index contributed by atoms with van der Waals surface area (Å²) >= 11 is 6.02. The van der Waals surface area contributed by atoms with Gasteiger partial charge in [0.15, 0.2) is 0 Å². The largest absolute Gasteiger partial charge is 0.375 e. The first-order valence-electron chi connectivity index (χ1n) is 6.78. The second-order valence-electron chi connectivity index (χ2n) is 5.31. The van der Waals surface area contributed by atoms with Crippen LogP contribution in [0.3, 0.4) is 0 Å². The molecule has 0 saturated carbocycles. The molecule has 0 atom stereocenters. The van der Waals surface area contributed by atoms with Crippen molar-refractivity contribution in [2.45, 2.75) is 37.8 Å². The Morgan fingerprint density at radius 3 is 2.57 bits per heavy atom. The summed E-state index contributed by atoms with van der Waals surface area (Å²) in [6.45, 7) is 6.80. The van der Waals surface area contributed by atoms with E-state index in [4.69, 9.17) is 16.3 Å². The first-order valence-corrected chi connectivity index (χ1v) is 8.64. The van der Waals surface area contributed by atoms with Crippen LogP contribution in [0.25, 0.3) is 0 Å². The maximum Gasteiger partial charge on any atom is 0.242 e. The summed E-state index contributed by atoms with van der Waals surface area (Å²) in [7, 11) is -1.88. The molecule has 1 aromatic carbocycles. The number of hydrogen-bond acceptors (Lipinski definition) is 4. The van der Waals surface area contributed by atoms with Crippen LogP contribution in [0.4, 0.5) is 0 Å². The van der Waals surface area contributed by atoms with Gasteiger partial charge in [0.2, 0.25) is 10.0 Å². The van der Waals surface area contributed by atoms with Crippen LogP contribution in [0.15, 0.2) is 23.1 Å². The van der Waals surface area contributed by atoms with Gasteiger partial charge in [-0.05, 0) is 45.5 Å². The minimum absolute atomic E-state index is 0.0872. The van der Waals surface area contributed by atoms with Gasteiger partial charge in [-0.3, -0.25) is 0 Å². The molecule has 0 aliphatic carbocycles. The molecule has 0 heterocycles. The summed E-state index contributed by atoms with van der Waals surface area (Å²) in [5.41, 5.74) is 0.281. The number of halogens is 1. The van der Waals surface area contributed by atoms with Gasteiger partial charge in [0.25, 0.3) is 0 Å². The van der Waals surface area contributed by atoms with Crippen LogP contribution >= 0.6 is 11.6 Å². The predicted molar refractivity (Wildman–Crippen MR) is 85.1 cm³/mol. The van der Waals surface area contributed by atoms with Crippen molar-refractivity contribution in [1.82, 2.24) is 10.0 Å². The lowest BCUT2D eigenvalue weighted by atomic mass is 10.1. The SMILES string of the molecule is CCOC(C)(C)CNS(=O)(=O)c1cc(CNC)ccc1Cl. The fourth-order valence-electron chi connectivity index (χ4n) is 1.86. The summed E-state index contributed by atoms with van der Waals surface area (Å²) in [5.74, 6) is 0. The molecule has 0 aliphatic heterocycles. The molecular formula is C14H23ClN2O3S. The maximum atomic E-state index is 12.4. The van der Waals surface area contributed by atoms with E-state index in [1.54, 1.807) is 25.2 Å². The molecule has 5 nitrogen and oxygen atoms in total. The fourth-order valence-corrected chi connectivity index (χ4v) is 3.60. The number of ether oxygens (including phenoxy) is 1. The molecule has 1 aromatic rings. The summed E-state index contributed by atoms with van der Waals surface area (Å²) in [5, 5.41) is 3.18. The number of nitrogens with one attached hydrogen (secondary N) is 2. The standard InChI is InChI=1S/C14H23ClN2O3S/c1-5-20-14(2,3)10-17-21(18,19)13-8-11(9-16-4)6-7-12(13)15/h6-8,16-17H,5,9-10H2,1-4H3. The molecule has 0 amide bonds. The van der Waals surface area contributed by atoms with Gasteiger partial charge in [-0.15, -0.1) is 0 Å². The van der Waals surface area contributed by atoms with Crippen molar-refractivity contribution in [3.63, 3.8) is 0 Å². The van der Waals surface area contributed by atoms with Crippen LogP contribution in [0.2, 0.25) is 5.02 Å². The zero-order valence-electron chi connectivity index (χ0n) is 12.9. The molecule has 7 heteroatoms. The summed E-state index contributed by atoms with van der Waals surface area (Å²) in [6.07, 6.45) is 0. The lowest BCUT2D eigenvalue weighted by Gasteiger charge is -2.25. The molecule has 2 N–H and O–H groups in total. The fraction of sp³-hybridized carbons (Fsp3) is 0.571. The third kappa shape index (κ3) is 5.56. The average molecular weight is 335 g/mol. The van der Waals surface area contributed by atoms with Gasteiger partial charge in [-0.2, -0.15) is 0 Å². The molecular weight excluding hydrogens is 312 g/mol. The van der Waals surface area contributed by atoms with Crippen molar-refractivity contribution < 1.29 is 13.2 Å². The van der Waals surface area contributed by atoms with Crippen LogP contribution in [-0.4, -0.2) is 34.2 Å². The monoisotopic (exact) mass is 334 g/mol. The first-order chi connectivity index (χ1) is 9.72. The predicted octanol–water partition coefficient (Wildman–Crippen LogP) is 2.15. The van der Waals surface area contributed by atoms with Crippen molar-refractivity contribution in [2.75, 3.05) is 20.2 Å². The molecule has 1 rings (SSSR count). The second-order valence-corrected chi connectivity index (χ2v) is 7.45. The normalized spacial score (nSPS) is 12.6. The van der Waals surface area contributed by atoms with Crippen LogP contribution in [-0.2, 0) is 21.3 Å². The van der Waals surface area contributed by atoms with Crippen molar-refractivity contribution in [3.05, 3.63) is 28.8 Å². The Bertz CT molecular complexity index is 574. The molecule has 21 heavy (non-hydrogen) atoms. The van der Waals surface area contributed by atoms with Gasteiger partial charge in [0, 0.05) is 19.7 Å². The third-order valence-electron chi connectivity index (χ3n) is 2.89. The Kier molecular flexibility index (Phi) is 6.62. The van der Waals surface area contributed by atoms with Crippen LogP contribution in [0.5, 0.6) is 0 Å². The van der Waals surface area contributed by atoms with Crippen LogP contribution in [0, 0.1) is 0 Å². The van der Waals surface area contributed by atoms with Crippen molar-refractivity contribution >= 4 is 21.6 Å². The van der Waals surface area contributed by atoms with Gasteiger partial charge in [0.05, 0.1) is 10.6 Å². The highest BCUT2D eigenvalue weighted by molar-refractivity contribution is 7.89. The smallest absolute Gasteiger partial charge is 0.242 e. The average Bonchev–Trinajstić information content (AvgIpc) is 2.39. The summed E-state index contributed by atoms with van der Waals surface area (Å²) < 4.78 is 32.8. The quantitative estimate of drug-likeness (QED) is 0.764. The first kappa shape index (κ1) is 18.4. The van der Waals surface area contributed by atoms with E-state index in [2.05, 4.69) is 10.0 Å². The minimum atomic E-state index is -3.67. The molecule has 0 aromatic heterocycles. The van der Waals surface area contributed by atoms with E-state index in [9.17, 15) is 8.42 Å². The molecule has 0 unspecified atom stereocenters. The zero-order valence-corrected chi connectivity index (χ0v) is 14.4. The Morgan fingerprint density at radius 2 is 2.00 bits per heavy atom. The van der Waals surface area contributed by atoms with Crippen LogP contribution in [0.1, 0.15) is 26.3 Å². The second kappa shape index (κ2) is 7.56. The van der Waals surface area contributed by atoms with Gasteiger partial charge in [0.1, 0.15) is 4.90 Å². The van der Waals surface area contributed by atoms with E-state index in [0.717, 1.165) is 5.56 Å². The number of sulfonamides is 1. The van der Waals surface area contributed by atoms with Gasteiger partial charge in [-0.1, -0.05) is 17.7 Å².